The van der Waals surface area contributed by atoms with Crippen LogP contribution in [0.4, 0.5) is 5.69 Å². The predicted molar refractivity (Wildman–Crippen MR) is 107 cm³/mol. The Bertz CT molecular complexity index is 1030. The van der Waals surface area contributed by atoms with Crippen LogP contribution in [0, 0.1) is 6.92 Å². The van der Waals surface area contributed by atoms with E-state index in [1.807, 2.05) is 25.3 Å². The minimum atomic E-state index is -3.85. The van der Waals surface area contributed by atoms with Gasteiger partial charge in [0.05, 0.1) is 24.4 Å². The molecule has 3 aromatic rings. The molecule has 0 bridgehead atoms. The highest BCUT2D eigenvalue weighted by molar-refractivity contribution is 7.92. The van der Waals surface area contributed by atoms with Gasteiger partial charge in [-0.25, -0.2) is 13.4 Å². The number of ether oxygens (including phenoxy) is 2. The minimum Gasteiger partial charge on any atom is -0.497 e. The summed E-state index contributed by atoms with van der Waals surface area (Å²) in [5, 5.41) is 2.82. The summed E-state index contributed by atoms with van der Waals surface area (Å²) in [6.45, 7) is 4.08. The molecule has 0 fully saturated rings. The van der Waals surface area contributed by atoms with E-state index < -0.39 is 10.0 Å². The maximum atomic E-state index is 13.0. The summed E-state index contributed by atoms with van der Waals surface area (Å²) in [7, 11) is -2.29. The SMILES string of the molecule is CCOc1ccc(-c2csc(C)n2)cc1S(=O)(=O)Nc1ccc(OC)cc1. The standard InChI is InChI=1S/C19H20N2O4S2/c1-4-25-18-10-5-14(17-12-26-13(2)20-17)11-19(18)27(22,23)21-15-6-8-16(24-3)9-7-15/h5-12,21H,4H2,1-3H3. The molecule has 0 aliphatic rings. The fourth-order valence-corrected chi connectivity index (χ4v) is 4.37. The average Bonchev–Trinajstić information content (AvgIpc) is 3.09. The number of nitrogens with zero attached hydrogens (tertiary/aromatic N) is 1. The Morgan fingerprint density at radius 1 is 1.15 bits per heavy atom. The van der Waals surface area contributed by atoms with Crippen LogP contribution >= 0.6 is 11.3 Å². The molecule has 0 aliphatic carbocycles. The number of sulfonamides is 1. The maximum Gasteiger partial charge on any atom is 0.265 e. The number of thiazole rings is 1. The lowest BCUT2D eigenvalue weighted by molar-refractivity contribution is 0.331. The van der Waals surface area contributed by atoms with Gasteiger partial charge in [0.1, 0.15) is 16.4 Å². The van der Waals surface area contributed by atoms with Gasteiger partial charge in [-0.15, -0.1) is 11.3 Å². The summed E-state index contributed by atoms with van der Waals surface area (Å²) in [5.74, 6) is 0.947. The normalized spacial score (nSPS) is 11.2. The first-order valence-corrected chi connectivity index (χ1v) is 10.7. The molecule has 0 unspecified atom stereocenters. The topological polar surface area (TPSA) is 77.5 Å². The Morgan fingerprint density at radius 3 is 2.48 bits per heavy atom. The van der Waals surface area contributed by atoms with Crippen molar-refractivity contribution in [1.29, 1.82) is 0 Å². The molecule has 0 atom stereocenters. The minimum absolute atomic E-state index is 0.0725. The first-order valence-electron chi connectivity index (χ1n) is 8.29. The number of rotatable bonds is 7. The van der Waals surface area contributed by atoms with Gasteiger partial charge in [-0.2, -0.15) is 0 Å². The van der Waals surface area contributed by atoms with Crippen LogP contribution in [-0.4, -0.2) is 27.1 Å². The number of aromatic nitrogens is 1. The average molecular weight is 405 g/mol. The summed E-state index contributed by atoms with van der Waals surface area (Å²) in [4.78, 5) is 4.50. The largest absolute Gasteiger partial charge is 0.497 e. The molecule has 0 spiro atoms. The van der Waals surface area contributed by atoms with Crippen LogP contribution in [0.2, 0.25) is 0 Å². The Balaban J connectivity index is 2.00. The second-order valence-electron chi connectivity index (χ2n) is 5.68. The van der Waals surface area contributed by atoms with Crippen LogP contribution in [0.15, 0.2) is 52.7 Å². The van der Waals surface area contributed by atoms with Crippen LogP contribution in [0.3, 0.4) is 0 Å². The molecular formula is C19H20N2O4S2. The van der Waals surface area contributed by atoms with E-state index in [2.05, 4.69) is 9.71 Å². The highest BCUT2D eigenvalue weighted by Gasteiger charge is 2.21. The molecule has 142 valence electrons. The van der Waals surface area contributed by atoms with Gasteiger partial charge >= 0.3 is 0 Å². The van der Waals surface area contributed by atoms with Crippen LogP contribution in [0.5, 0.6) is 11.5 Å². The van der Waals surface area contributed by atoms with Gasteiger partial charge in [-0.1, -0.05) is 0 Å². The Labute approximate surface area is 162 Å². The van der Waals surface area contributed by atoms with Gasteiger partial charge in [-0.05, 0) is 56.3 Å². The molecule has 2 aromatic carbocycles. The summed E-state index contributed by atoms with van der Waals surface area (Å²) in [6.07, 6.45) is 0. The van der Waals surface area contributed by atoms with Gasteiger partial charge < -0.3 is 9.47 Å². The molecule has 8 heteroatoms. The molecule has 1 heterocycles. The van der Waals surface area contributed by atoms with E-state index in [1.54, 1.807) is 43.5 Å². The van der Waals surface area contributed by atoms with Gasteiger partial charge in [-0.3, -0.25) is 4.72 Å². The number of hydrogen-bond donors (Lipinski definition) is 1. The zero-order valence-corrected chi connectivity index (χ0v) is 16.9. The summed E-state index contributed by atoms with van der Waals surface area (Å²) >= 11 is 1.51. The van der Waals surface area contributed by atoms with Crippen LogP contribution < -0.4 is 14.2 Å². The molecule has 0 saturated heterocycles. The third-order valence-corrected chi connectivity index (χ3v) is 5.97. The number of hydrogen-bond acceptors (Lipinski definition) is 6. The van der Waals surface area contributed by atoms with E-state index in [1.165, 1.54) is 11.3 Å². The lowest BCUT2D eigenvalue weighted by atomic mass is 10.2. The van der Waals surface area contributed by atoms with Crippen molar-refractivity contribution in [2.24, 2.45) is 0 Å². The maximum absolute atomic E-state index is 13.0. The van der Waals surface area contributed by atoms with E-state index in [0.717, 1.165) is 16.3 Å². The van der Waals surface area contributed by atoms with E-state index in [0.29, 0.717) is 23.8 Å². The zero-order valence-electron chi connectivity index (χ0n) is 15.2. The van der Waals surface area contributed by atoms with Gasteiger partial charge in [0, 0.05) is 16.6 Å². The Hall–Kier alpha value is -2.58. The number of anilines is 1. The fourth-order valence-electron chi connectivity index (χ4n) is 2.52. The third kappa shape index (κ3) is 4.40. The van der Waals surface area contributed by atoms with E-state index in [-0.39, 0.29) is 4.90 Å². The molecule has 0 aliphatic heterocycles. The second kappa shape index (κ2) is 7.98. The lowest BCUT2D eigenvalue weighted by Gasteiger charge is -2.14. The van der Waals surface area contributed by atoms with Crippen LogP contribution in [0.25, 0.3) is 11.3 Å². The first kappa shape index (κ1) is 19.2. The molecule has 3 rings (SSSR count). The zero-order chi connectivity index (χ0) is 19.4. The third-order valence-electron chi connectivity index (χ3n) is 3.79. The van der Waals surface area contributed by atoms with Crippen molar-refractivity contribution in [2.45, 2.75) is 18.7 Å². The summed E-state index contributed by atoms with van der Waals surface area (Å²) in [5.41, 5.74) is 1.90. The Kier molecular flexibility index (Phi) is 5.67. The molecule has 0 radical (unpaired) electrons. The van der Waals surface area contributed by atoms with Gasteiger partial charge in [0.15, 0.2) is 0 Å². The van der Waals surface area contributed by atoms with Gasteiger partial charge in [0.25, 0.3) is 10.0 Å². The number of aryl methyl sites for hydroxylation is 1. The smallest absolute Gasteiger partial charge is 0.265 e. The van der Waals surface area contributed by atoms with Gasteiger partial charge in [0.2, 0.25) is 0 Å². The van der Waals surface area contributed by atoms with E-state index >= 15 is 0 Å². The van der Waals surface area contributed by atoms with Crippen molar-refractivity contribution in [2.75, 3.05) is 18.4 Å². The number of methoxy groups -OCH3 is 1. The van der Waals surface area contributed by atoms with Crippen molar-refractivity contribution in [3.63, 3.8) is 0 Å². The quantitative estimate of drug-likeness (QED) is 0.634. The first-order chi connectivity index (χ1) is 12.9. The van der Waals surface area contributed by atoms with E-state index in [4.69, 9.17) is 9.47 Å². The second-order valence-corrected chi connectivity index (χ2v) is 8.39. The molecule has 6 nitrogen and oxygen atoms in total. The molecule has 0 amide bonds. The van der Waals surface area contributed by atoms with Crippen molar-refractivity contribution < 1.29 is 17.9 Å². The summed E-state index contributed by atoms with van der Waals surface area (Å²) < 4.78 is 39.2. The van der Waals surface area contributed by atoms with Crippen molar-refractivity contribution in [3.05, 3.63) is 52.9 Å². The summed E-state index contributed by atoms with van der Waals surface area (Å²) in [6, 6.07) is 11.7. The Morgan fingerprint density at radius 2 is 1.89 bits per heavy atom. The molecule has 1 aromatic heterocycles. The predicted octanol–water partition coefficient (Wildman–Crippen LogP) is 4.33. The van der Waals surface area contributed by atoms with Crippen LogP contribution in [-0.2, 0) is 10.0 Å². The highest BCUT2D eigenvalue weighted by atomic mass is 32.2. The number of nitrogens with one attached hydrogen (secondary N) is 1. The molecule has 1 N–H and O–H groups in total. The highest BCUT2D eigenvalue weighted by Crippen LogP contribution is 2.32. The van der Waals surface area contributed by atoms with E-state index in [9.17, 15) is 8.42 Å². The van der Waals surface area contributed by atoms with Crippen molar-refractivity contribution >= 4 is 27.0 Å². The van der Waals surface area contributed by atoms with Crippen molar-refractivity contribution in [1.82, 2.24) is 4.98 Å². The molecule has 27 heavy (non-hydrogen) atoms. The van der Waals surface area contributed by atoms with Crippen molar-refractivity contribution in [3.8, 4) is 22.8 Å². The lowest BCUT2D eigenvalue weighted by Crippen LogP contribution is -2.14. The molecule has 0 saturated carbocycles. The number of benzene rings is 2. The fraction of sp³-hybridized carbons (Fsp3) is 0.211. The molecular weight excluding hydrogens is 384 g/mol. The van der Waals surface area contributed by atoms with Crippen LogP contribution in [0.1, 0.15) is 11.9 Å². The monoisotopic (exact) mass is 404 g/mol.